The van der Waals surface area contributed by atoms with Gasteiger partial charge in [-0.1, -0.05) is 52.3 Å². The molecule has 0 fully saturated rings. The van der Waals surface area contributed by atoms with Gasteiger partial charge in [0.15, 0.2) is 11.6 Å². The summed E-state index contributed by atoms with van der Waals surface area (Å²) in [5.41, 5.74) is 8.43. The summed E-state index contributed by atoms with van der Waals surface area (Å²) >= 11 is 3.53. The van der Waals surface area contributed by atoms with Crippen LogP contribution in [0.5, 0.6) is 11.6 Å². The summed E-state index contributed by atoms with van der Waals surface area (Å²) < 4.78 is 6.91. The second-order valence-electron chi connectivity index (χ2n) is 5.83. The number of hydrogen-bond donors (Lipinski definition) is 2. The first-order valence-electron chi connectivity index (χ1n) is 8.32. The molecule has 2 aromatic heterocycles. The molecular weight excluding hydrogens is 406 g/mol. The van der Waals surface area contributed by atoms with E-state index in [9.17, 15) is 0 Å². The normalized spacial score (nSPS) is 10.7. The number of nitrogen functional groups attached to an aromatic ring is 1. The van der Waals surface area contributed by atoms with Gasteiger partial charge >= 0.3 is 0 Å². The Balaban J connectivity index is 1.61. The van der Waals surface area contributed by atoms with E-state index in [1.165, 1.54) is 6.33 Å². The van der Waals surface area contributed by atoms with Gasteiger partial charge in [-0.3, -0.25) is 4.98 Å². The molecule has 0 saturated heterocycles. The third kappa shape index (κ3) is 3.68. The van der Waals surface area contributed by atoms with Crippen molar-refractivity contribution in [3.05, 3.63) is 77.2 Å². The SMILES string of the molecule is Nc1c(NCc2ccccc2)ncnc1Oc1ccc(Br)c2cccnc12. The van der Waals surface area contributed by atoms with Crippen LogP contribution in [0.1, 0.15) is 5.56 Å². The van der Waals surface area contributed by atoms with Crippen LogP contribution < -0.4 is 15.8 Å². The number of ether oxygens (including phenoxy) is 1. The maximum absolute atomic E-state index is 6.23. The smallest absolute Gasteiger partial charge is 0.248 e. The Labute approximate surface area is 164 Å². The maximum atomic E-state index is 6.23. The predicted molar refractivity (Wildman–Crippen MR) is 110 cm³/mol. The van der Waals surface area contributed by atoms with E-state index >= 15 is 0 Å². The van der Waals surface area contributed by atoms with E-state index in [2.05, 4.69) is 36.2 Å². The summed E-state index contributed by atoms with van der Waals surface area (Å²) in [7, 11) is 0. The van der Waals surface area contributed by atoms with E-state index in [0.29, 0.717) is 23.8 Å². The number of hydrogen-bond acceptors (Lipinski definition) is 6. The molecule has 0 aliphatic heterocycles. The molecular formula is C20H16BrN5O. The zero-order valence-electron chi connectivity index (χ0n) is 14.3. The van der Waals surface area contributed by atoms with Gasteiger partial charge in [-0.15, -0.1) is 0 Å². The van der Waals surface area contributed by atoms with Crippen molar-refractivity contribution in [1.82, 2.24) is 15.0 Å². The molecule has 6 nitrogen and oxygen atoms in total. The third-order valence-corrected chi connectivity index (χ3v) is 4.73. The fourth-order valence-electron chi connectivity index (χ4n) is 2.68. The molecule has 7 heteroatoms. The fourth-order valence-corrected chi connectivity index (χ4v) is 3.13. The van der Waals surface area contributed by atoms with Crippen LogP contribution in [-0.2, 0) is 6.54 Å². The molecule has 27 heavy (non-hydrogen) atoms. The molecule has 0 radical (unpaired) electrons. The monoisotopic (exact) mass is 421 g/mol. The lowest BCUT2D eigenvalue weighted by Crippen LogP contribution is -2.06. The molecule has 3 N–H and O–H groups in total. The van der Waals surface area contributed by atoms with E-state index in [1.54, 1.807) is 6.20 Å². The lowest BCUT2D eigenvalue weighted by Gasteiger charge is -2.13. The van der Waals surface area contributed by atoms with E-state index < -0.39 is 0 Å². The van der Waals surface area contributed by atoms with Crippen molar-refractivity contribution in [3.63, 3.8) is 0 Å². The summed E-state index contributed by atoms with van der Waals surface area (Å²) in [6.45, 7) is 0.601. The van der Waals surface area contributed by atoms with Gasteiger partial charge in [-0.2, -0.15) is 4.98 Å². The van der Waals surface area contributed by atoms with E-state index in [4.69, 9.17) is 10.5 Å². The van der Waals surface area contributed by atoms with Crippen molar-refractivity contribution in [2.24, 2.45) is 0 Å². The second-order valence-corrected chi connectivity index (χ2v) is 6.68. The van der Waals surface area contributed by atoms with Gasteiger partial charge < -0.3 is 15.8 Å². The van der Waals surface area contributed by atoms with E-state index in [1.807, 2.05) is 54.6 Å². The molecule has 0 aliphatic rings. The van der Waals surface area contributed by atoms with Crippen LogP contribution in [-0.4, -0.2) is 15.0 Å². The summed E-state index contributed by atoms with van der Waals surface area (Å²) in [5, 5.41) is 4.17. The molecule has 4 rings (SSSR count). The van der Waals surface area contributed by atoms with E-state index in [0.717, 1.165) is 20.9 Å². The highest BCUT2D eigenvalue weighted by molar-refractivity contribution is 9.10. The van der Waals surface area contributed by atoms with Gasteiger partial charge in [0.1, 0.15) is 17.5 Å². The Kier molecular flexibility index (Phi) is 4.84. The molecule has 2 heterocycles. The number of nitrogens with zero attached hydrogens (tertiary/aromatic N) is 3. The standard InChI is InChI=1S/C20H16BrN5O/c21-15-8-9-16(18-14(15)7-4-10-23-18)27-20-17(22)19(25-12-26-20)24-11-13-5-2-1-3-6-13/h1-10,12H,11,22H2,(H,24,25,26). The molecule has 0 atom stereocenters. The van der Waals surface area contributed by atoms with E-state index in [-0.39, 0.29) is 5.88 Å². The average molecular weight is 422 g/mol. The summed E-state index contributed by atoms with van der Waals surface area (Å²) in [6.07, 6.45) is 3.14. The molecule has 0 bridgehead atoms. The zero-order valence-corrected chi connectivity index (χ0v) is 15.8. The maximum Gasteiger partial charge on any atom is 0.248 e. The topological polar surface area (TPSA) is 86.0 Å². The first kappa shape index (κ1) is 17.2. The fraction of sp³-hybridized carbons (Fsp3) is 0.0500. The van der Waals surface area contributed by atoms with Crippen LogP contribution in [0.25, 0.3) is 10.9 Å². The highest BCUT2D eigenvalue weighted by Crippen LogP contribution is 2.35. The number of pyridine rings is 1. The lowest BCUT2D eigenvalue weighted by molar-refractivity contribution is 0.468. The molecule has 0 aliphatic carbocycles. The Morgan fingerprint density at radius 3 is 2.67 bits per heavy atom. The predicted octanol–water partition coefficient (Wildman–Crippen LogP) is 4.77. The number of aromatic nitrogens is 3. The van der Waals surface area contributed by atoms with Gasteiger partial charge in [-0.05, 0) is 23.8 Å². The number of anilines is 2. The first-order chi connectivity index (χ1) is 13.2. The Morgan fingerprint density at radius 2 is 1.81 bits per heavy atom. The summed E-state index contributed by atoms with van der Waals surface area (Å²) in [5.74, 6) is 1.39. The number of rotatable bonds is 5. The Hall–Kier alpha value is -3.19. The van der Waals surface area contributed by atoms with Crippen molar-refractivity contribution in [2.75, 3.05) is 11.1 Å². The quantitative estimate of drug-likeness (QED) is 0.482. The minimum atomic E-state index is 0.287. The van der Waals surface area contributed by atoms with Crippen LogP contribution in [0.4, 0.5) is 11.5 Å². The molecule has 2 aromatic carbocycles. The first-order valence-corrected chi connectivity index (χ1v) is 9.11. The van der Waals surface area contributed by atoms with Crippen LogP contribution in [0.3, 0.4) is 0 Å². The number of fused-ring (bicyclic) bond motifs is 1. The Bertz CT molecular complexity index is 1090. The van der Waals surface area contributed by atoms with Gasteiger partial charge in [0.2, 0.25) is 5.88 Å². The second kappa shape index (κ2) is 7.59. The van der Waals surface area contributed by atoms with Crippen molar-refractivity contribution < 1.29 is 4.74 Å². The molecule has 134 valence electrons. The van der Waals surface area contributed by atoms with Gasteiger partial charge in [-0.25, -0.2) is 4.98 Å². The lowest BCUT2D eigenvalue weighted by atomic mass is 10.2. The van der Waals surface area contributed by atoms with Crippen LogP contribution in [0, 0.1) is 0 Å². The largest absolute Gasteiger partial charge is 0.435 e. The minimum Gasteiger partial charge on any atom is -0.435 e. The highest BCUT2D eigenvalue weighted by Gasteiger charge is 2.13. The molecule has 4 aromatic rings. The highest BCUT2D eigenvalue weighted by atomic mass is 79.9. The van der Waals surface area contributed by atoms with Crippen LogP contribution >= 0.6 is 15.9 Å². The van der Waals surface area contributed by atoms with Gasteiger partial charge in [0.25, 0.3) is 0 Å². The average Bonchev–Trinajstić information content (AvgIpc) is 2.71. The zero-order chi connectivity index (χ0) is 18.6. The van der Waals surface area contributed by atoms with Gasteiger partial charge in [0.05, 0.1) is 0 Å². The molecule has 0 spiro atoms. The molecule has 0 amide bonds. The minimum absolute atomic E-state index is 0.287. The number of nitrogens with one attached hydrogen (secondary N) is 1. The van der Waals surface area contributed by atoms with Crippen molar-refractivity contribution in [3.8, 4) is 11.6 Å². The summed E-state index contributed by atoms with van der Waals surface area (Å²) in [4.78, 5) is 12.8. The third-order valence-electron chi connectivity index (χ3n) is 4.04. The number of benzene rings is 2. The van der Waals surface area contributed by atoms with Crippen molar-refractivity contribution in [1.29, 1.82) is 0 Å². The van der Waals surface area contributed by atoms with Crippen molar-refractivity contribution >= 4 is 38.3 Å². The van der Waals surface area contributed by atoms with Gasteiger partial charge in [0, 0.05) is 22.6 Å². The number of halogens is 1. The molecule has 0 saturated carbocycles. The van der Waals surface area contributed by atoms with Crippen molar-refractivity contribution in [2.45, 2.75) is 6.54 Å². The van der Waals surface area contributed by atoms with Crippen LogP contribution in [0.2, 0.25) is 0 Å². The summed E-state index contributed by atoms with van der Waals surface area (Å²) in [6, 6.07) is 17.6. The Morgan fingerprint density at radius 1 is 0.963 bits per heavy atom. The number of nitrogens with two attached hydrogens (primary N) is 1. The van der Waals surface area contributed by atoms with Crippen LogP contribution in [0.15, 0.2) is 71.6 Å². The molecule has 0 unspecified atom stereocenters.